The lowest BCUT2D eigenvalue weighted by Crippen LogP contribution is -2.40. The van der Waals surface area contributed by atoms with Crippen LogP contribution in [0.15, 0.2) is 5.38 Å². The molecule has 0 spiro atoms. The van der Waals surface area contributed by atoms with Crippen molar-refractivity contribution >= 4 is 23.2 Å². The molecule has 5 heteroatoms. The molecule has 0 unspecified atom stereocenters. The summed E-state index contributed by atoms with van der Waals surface area (Å²) in [5.74, 6) is -0.909. The van der Waals surface area contributed by atoms with Gasteiger partial charge in [-0.25, -0.2) is 0 Å². The van der Waals surface area contributed by atoms with E-state index in [1.54, 1.807) is 11.3 Å². The Morgan fingerprint density at radius 1 is 1.20 bits per heavy atom. The fourth-order valence-corrected chi connectivity index (χ4v) is 4.29. The van der Waals surface area contributed by atoms with Crippen molar-refractivity contribution in [3.63, 3.8) is 0 Å². The summed E-state index contributed by atoms with van der Waals surface area (Å²) in [7, 11) is 0. The minimum absolute atomic E-state index is 0.105. The predicted molar refractivity (Wildman–Crippen MR) is 77.2 cm³/mol. The van der Waals surface area contributed by atoms with Crippen molar-refractivity contribution in [2.75, 3.05) is 13.1 Å². The van der Waals surface area contributed by atoms with Crippen LogP contribution in [0.1, 0.15) is 46.5 Å². The summed E-state index contributed by atoms with van der Waals surface area (Å²) >= 11 is 1.71. The van der Waals surface area contributed by atoms with Crippen LogP contribution in [0.3, 0.4) is 0 Å². The normalized spacial score (nSPS) is 19.7. The number of rotatable bonds is 2. The Labute approximate surface area is 122 Å². The maximum absolute atomic E-state index is 12.6. The lowest BCUT2D eigenvalue weighted by Gasteiger charge is -2.30. The van der Waals surface area contributed by atoms with Gasteiger partial charge in [0.2, 0.25) is 0 Å². The summed E-state index contributed by atoms with van der Waals surface area (Å²) in [4.78, 5) is 26.7. The number of carboxylic acid groups (broad SMARTS) is 1. The van der Waals surface area contributed by atoms with E-state index in [0.29, 0.717) is 25.9 Å². The van der Waals surface area contributed by atoms with Crippen molar-refractivity contribution in [3.8, 4) is 0 Å². The maximum Gasteiger partial charge on any atom is 0.306 e. The van der Waals surface area contributed by atoms with Crippen molar-refractivity contribution in [2.24, 2.45) is 5.92 Å². The number of hydrogen-bond donors (Lipinski definition) is 1. The van der Waals surface area contributed by atoms with Gasteiger partial charge >= 0.3 is 5.97 Å². The molecule has 2 aliphatic rings. The second-order valence-electron chi connectivity index (χ2n) is 5.66. The molecule has 2 heterocycles. The third kappa shape index (κ3) is 2.46. The lowest BCUT2D eigenvalue weighted by atomic mass is 9.94. The lowest BCUT2D eigenvalue weighted by molar-refractivity contribution is -0.143. The Morgan fingerprint density at radius 3 is 2.60 bits per heavy atom. The molecule has 1 saturated heterocycles. The van der Waals surface area contributed by atoms with E-state index >= 15 is 0 Å². The van der Waals surface area contributed by atoms with Crippen LogP contribution < -0.4 is 0 Å². The molecule has 1 aromatic heterocycles. The molecular weight excluding hydrogens is 274 g/mol. The molecule has 0 aromatic carbocycles. The Balaban J connectivity index is 1.71. The summed E-state index contributed by atoms with van der Waals surface area (Å²) < 4.78 is 0. The first kappa shape index (κ1) is 13.6. The van der Waals surface area contributed by atoms with Gasteiger partial charge in [0.05, 0.1) is 11.5 Å². The number of piperidine rings is 1. The van der Waals surface area contributed by atoms with Gasteiger partial charge in [0.25, 0.3) is 5.91 Å². The van der Waals surface area contributed by atoms with Crippen LogP contribution in [0.25, 0.3) is 0 Å². The highest BCUT2D eigenvalue weighted by molar-refractivity contribution is 7.10. The van der Waals surface area contributed by atoms with Crippen molar-refractivity contribution in [1.82, 2.24) is 4.90 Å². The van der Waals surface area contributed by atoms with E-state index in [1.807, 2.05) is 10.3 Å². The second kappa shape index (κ2) is 5.56. The first-order valence-electron chi connectivity index (χ1n) is 7.28. The summed E-state index contributed by atoms with van der Waals surface area (Å²) in [6.07, 6.45) is 5.68. The van der Waals surface area contributed by atoms with Crippen molar-refractivity contribution in [1.29, 1.82) is 0 Å². The van der Waals surface area contributed by atoms with E-state index in [9.17, 15) is 9.59 Å². The average Bonchev–Trinajstić information content (AvgIpc) is 2.90. The number of carbonyl (C=O) groups excluding carboxylic acids is 1. The van der Waals surface area contributed by atoms with Gasteiger partial charge in [0, 0.05) is 23.3 Å². The Kier molecular flexibility index (Phi) is 3.78. The zero-order valence-electron chi connectivity index (χ0n) is 11.4. The van der Waals surface area contributed by atoms with Crippen LogP contribution in [-0.4, -0.2) is 35.0 Å². The molecule has 4 nitrogen and oxygen atoms in total. The quantitative estimate of drug-likeness (QED) is 0.911. The predicted octanol–water partition coefficient (Wildman–Crippen LogP) is 2.56. The number of aryl methyl sites for hydroxylation is 1. The molecule has 0 radical (unpaired) electrons. The van der Waals surface area contributed by atoms with Gasteiger partial charge in [0.1, 0.15) is 0 Å². The standard InChI is InChI=1S/C15H19NO3S/c17-14(16-7-5-10(6-8-16)15(18)19)12-9-20-13-4-2-1-3-11(12)13/h9-10H,1-8H2,(H,18,19). The van der Waals surface area contributed by atoms with Crippen LogP contribution in [0.5, 0.6) is 0 Å². The van der Waals surface area contributed by atoms with Gasteiger partial charge in [-0.15, -0.1) is 11.3 Å². The third-order valence-corrected chi connectivity index (χ3v) is 5.51. The molecule has 0 bridgehead atoms. The van der Waals surface area contributed by atoms with E-state index in [-0.39, 0.29) is 11.8 Å². The maximum atomic E-state index is 12.6. The van der Waals surface area contributed by atoms with Crippen LogP contribution in [0, 0.1) is 5.92 Å². The van der Waals surface area contributed by atoms with Crippen LogP contribution in [-0.2, 0) is 17.6 Å². The smallest absolute Gasteiger partial charge is 0.306 e. The molecule has 1 N–H and O–H groups in total. The van der Waals surface area contributed by atoms with E-state index in [4.69, 9.17) is 5.11 Å². The zero-order chi connectivity index (χ0) is 14.1. The molecule has 108 valence electrons. The third-order valence-electron chi connectivity index (χ3n) is 4.42. The zero-order valence-corrected chi connectivity index (χ0v) is 12.2. The number of carbonyl (C=O) groups is 2. The molecule has 1 fully saturated rings. The molecule has 0 saturated carbocycles. The Bertz CT molecular complexity index is 529. The molecule has 1 amide bonds. The van der Waals surface area contributed by atoms with Gasteiger partial charge in [-0.05, 0) is 44.1 Å². The molecule has 20 heavy (non-hydrogen) atoms. The van der Waals surface area contributed by atoms with Gasteiger partial charge < -0.3 is 10.0 Å². The van der Waals surface area contributed by atoms with Crippen molar-refractivity contribution in [3.05, 3.63) is 21.4 Å². The number of aliphatic carboxylic acids is 1. The first-order valence-corrected chi connectivity index (χ1v) is 8.16. The van der Waals surface area contributed by atoms with Crippen LogP contribution >= 0.6 is 11.3 Å². The highest BCUT2D eigenvalue weighted by Crippen LogP contribution is 2.31. The SMILES string of the molecule is O=C(O)C1CCN(C(=O)c2csc3c2CCCC3)CC1. The summed E-state index contributed by atoms with van der Waals surface area (Å²) in [5.41, 5.74) is 2.13. The molecule has 3 rings (SSSR count). The average molecular weight is 293 g/mol. The molecular formula is C15H19NO3S. The van der Waals surface area contributed by atoms with E-state index in [0.717, 1.165) is 18.4 Å². The minimum atomic E-state index is -0.731. The first-order chi connectivity index (χ1) is 9.66. The fourth-order valence-electron chi connectivity index (χ4n) is 3.17. The number of carboxylic acids is 1. The number of likely N-dealkylation sites (tertiary alicyclic amines) is 1. The number of thiophene rings is 1. The highest BCUT2D eigenvalue weighted by Gasteiger charge is 2.29. The Morgan fingerprint density at radius 2 is 1.90 bits per heavy atom. The van der Waals surface area contributed by atoms with E-state index in [2.05, 4.69) is 0 Å². The van der Waals surface area contributed by atoms with Crippen molar-refractivity contribution < 1.29 is 14.7 Å². The minimum Gasteiger partial charge on any atom is -0.481 e. The van der Waals surface area contributed by atoms with Gasteiger partial charge in [-0.3, -0.25) is 9.59 Å². The molecule has 0 atom stereocenters. The van der Waals surface area contributed by atoms with Crippen molar-refractivity contribution in [2.45, 2.75) is 38.5 Å². The summed E-state index contributed by atoms with van der Waals surface area (Å²) in [5, 5.41) is 11.0. The van der Waals surface area contributed by atoms with Gasteiger partial charge in [-0.2, -0.15) is 0 Å². The number of amides is 1. The van der Waals surface area contributed by atoms with E-state index < -0.39 is 5.97 Å². The summed E-state index contributed by atoms with van der Waals surface area (Å²) in [6, 6.07) is 0. The van der Waals surface area contributed by atoms with Gasteiger partial charge in [-0.1, -0.05) is 0 Å². The number of fused-ring (bicyclic) bond motifs is 1. The number of hydrogen-bond acceptors (Lipinski definition) is 3. The molecule has 1 aliphatic heterocycles. The van der Waals surface area contributed by atoms with Crippen LogP contribution in [0.4, 0.5) is 0 Å². The fraction of sp³-hybridized carbons (Fsp3) is 0.600. The molecule has 1 aromatic rings. The summed E-state index contributed by atoms with van der Waals surface area (Å²) in [6.45, 7) is 1.14. The topological polar surface area (TPSA) is 57.6 Å². The van der Waals surface area contributed by atoms with Crippen LogP contribution in [0.2, 0.25) is 0 Å². The largest absolute Gasteiger partial charge is 0.481 e. The highest BCUT2D eigenvalue weighted by atomic mass is 32.1. The van der Waals surface area contributed by atoms with E-state index in [1.165, 1.54) is 23.3 Å². The second-order valence-corrected chi connectivity index (χ2v) is 6.63. The van der Waals surface area contributed by atoms with Gasteiger partial charge in [0.15, 0.2) is 0 Å². The molecule has 1 aliphatic carbocycles. The Hall–Kier alpha value is -1.36. The number of nitrogens with zero attached hydrogens (tertiary/aromatic N) is 1. The monoisotopic (exact) mass is 293 g/mol.